The normalized spacial score (nSPS) is 16.8. The van der Waals surface area contributed by atoms with Crippen LogP contribution >= 0.6 is 0 Å². The fourth-order valence-electron chi connectivity index (χ4n) is 4.58. The number of carbonyl (C=O) groups excluding carboxylic acids is 3. The van der Waals surface area contributed by atoms with Crippen LogP contribution in [0.2, 0.25) is 0 Å². The molecule has 3 amide bonds. The van der Waals surface area contributed by atoms with E-state index >= 15 is 0 Å². The van der Waals surface area contributed by atoms with Crippen LogP contribution in [0, 0.1) is 13.8 Å². The molecule has 2 heterocycles. The van der Waals surface area contributed by atoms with Crippen LogP contribution in [0.15, 0.2) is 42.5 Å². The number of benzene rings is 2. The maximum Gasteiger partial charge on any atom is 0.253 e. The Labute approximate surface area is 195 Å². The SMILES string of the molecule is Cc1cccc(C)c1NC(=O)CN1CCN(C(=O)c2cccc(CN3CCCC3=O)c2)CC1. The number of anilines is 1. The van der Waals surface area contributed by atoms with Gasteiger partial charge in [0.2, 0.25) is 11.8 Å². The van der Waals surface area contributed by atoms with Gasteiger partial charge in [0.25, 0.3) is 5.91 Å². The maximum atomic E-state index is 13.0. The number of nitrogens with one attached hydrogen (secondary N) is 1. The lowest BCUT2D eigenvalue weighted by Gasteiger charge is -2.34. The Morgan fingerprint density at radius 3 is 2.30 bits per heavy atom. The van der Waals surface area contributed by atoms with E-state index in [-0.39, 0.29) is 17.7 Å². The van der Waals surface area contributed by atoms with E-state index in [0.717, 1.165) is 35.3 Å². The highest BCUT2D eigenvalue weighted by Gasteiger charge is 2.24. The number of piperazine rings is 1. The molecule has 0 spiro atoms. The number of carbonyl (C=O) groups is 3. The fraction of sp³-hybridized carbons (Fsp3) is 0.423. The van der Waals surface area contributed by atoms with E-state index in [4.69, 9.17) is 0 Å². The summed E-state index contributed by atoms with van der Waals surface area (Å²) in [6.45, 7) is 8.14. The van der Waals surface area contributed by atoms with Crippen molar-refractivity contribution in [3.63, 3.8) is 0 Å². The van der Waals surface area contributed by atoms with Crippen molar-refractivity contribution in [3.05, 3.63) is 64.7 Å². The molecule has 0 saturated carbocycles. The minimum absolute atomic E-state index is 0.00392. The van der Waals surface area contributed by atoms with Crippen LogP contribution in [0.25, 0.3) is 0 Å². The average molecular weight is 449 g/mol. The number of likely N-dealkylation sites (tertiary alicyclic amines) is 1. The molecule has 4 rings (SSSR count). The van der Waals surface area contributed by atoms with Gasteiger partial charge in [-0.3, -0.25) is 19.3 Å². The molecular formula is C26H32N4O3. The van der Waals surface area contributed by atoms with Gasteiger partial charge in [-0.1, -0.05) is 30.3 Å². The molecular weight excluding hydrogens is 416 g/mol. The number of nitrogens with zero attached hydrogens (tertiary/aromatic N) is 3. The molecule has 2 fully saturated rings. The van der Waals surface area contributed by atoms with Gasteiger partial charge >= 0.3 is 0 Å². The highest BCUT2D eigenvalue weighted by Crippen LogP contribution is 2.20. The first-order valence-electron chi connectivity index (χ1n) is 11.6. The zero-order chi connectivity index (χ0) is 23.4. The minimum atomic E-state index is -0.0312. The van der Waals surface area contributed by atoms with Crippen molar-refractivity contribution in [2.45, 2.75) is 33.2 Å². The van der Waals surface area contributed by atoms with Crippen LogP contribution < -0.4 is 5.32 Å². The molecule has 2 aromatic rings. The molecule has 0 radical (unpaired) electrons. The Balaban J connectivity index is 1.29. The van der Waals surface area contributed by atoms with Gasteiger partial charge in [-0.25, -0.2) is 0 Å². The Morgan fingerprint density at radius 2 is 1.64 bits per heavy atom. The Bertz CT molecular complexity index is 1020. The topological polar surface area (TPSA) is 73.0 Å². The number of rotatable bonds is 6. The number of aryl methyl sites for hydroxylation is 2. The van der Waals surface area contributed by atoms with Crippen molar-refractivity contribution in [1.29, 1.82) is 0 Å². The number of para-hydroxylation sites is 1. The molecule has 0 unspecified atom stereocenters. The standard InChI is InChI=1S/C26H32N4O3/c1-19-6-3-7-20(2)25(19)27-23(31)18-28-12-14-29(15-13-28)26(33)22-9-4-8-21(16-22)17-30-11-5-10-24(30)32/h3-4,6-9,16H,5,10-15,17-18H2,1-2H3,(H,27,31). The van der Waals surface area contributed by atoms with E-state index in [0.29, 0.717) is 51.3 Å². The molecule has 174 valence electrons. The lowest BCUT2D eigenvalue weighted by molar-refractivity contribution is -0.128. The molecule has 2 aliphatic rings. The highest BCUT2D eigenvalue weighted by molar-refractivity contribution is 5.95. The second-order valence-electron chi connectivity index (χ2n) is 9.00. The molecule has 1 N–H and O–H groups in total. The third-order valence-electron chi connectivity index (χ3n) is 6.49. The summed E-state index contributed by atoms with van der Waals surface area (Å²) in [6.07, 6.45) is 1.52. The van der Waals surface area contributed by atoms with E-state index in [1.165, 1.54) is 0 Å². The Morgan fingerprint density at radius 1 is 0.939 bits per heavy atom. The third-order valence-corrected chi connectivity index (χ3v) is 6.49. The average Bonchev–Trinajstić information content (AvgIpc) is 3.21. The predicted molar refractivity (Wildman–Crippen MR) is 128 cm³/mol. The van der Waals surface area contributed by atoms with Crippen molar-refractivity contribution in [1.82, 2.24) is 14.7 Å². The van der Waals surface area contributed by atoms with Crippen molar-refractivity contribution in [3.8, 4) is 0 Å². The second-order valence-corrected chi connectivity index (χ2v) is 9.00. The number of hydrogen-bond donors (Lipinski definition) is 1. The Hall–Kier alpha value is -3.19. The van der Waals surface area contributed by atoms with Crippen LogP contribution in [-0.2, 0) is 16.1 Å². The lowest BCUT2D eigenvalue weighted by Crippen LogP contribution is -2.50. The highest BCUT2D eigenvalue weighted by atomic mass is 16.2. The van der Waals surface area contributed by atoms with Gasteiger partial charge < -0.3 is 15.1 Å². The summed E-state index contributed by atoms with van der Waals surface area (Å²) in [5, 5.41) is 3.04. The molecule has 33 heavy (non-hydrogen) atoms. The summed E-state index contributed by atoms with van der Waals surface area (Å²) in [5.41, 5.74) is 4.62. The fourth-order valence-corrected chi connectivity index (χ4v) is 4.58. The van der Waals surface area contributed by atoms with Gasteiger partial charge in [0.15, 0.2) is 0 Å². The van der Waals surface area contributed by atoms with Gasteiger partial charge in [0, 0.05) is 56.9 Å². The first-order chi connectivity index (χ1) is 15.9. The van der Waals surface area contributed by atoms with E-state index < -0.39 is 0 Å². The van der Waals surface area contributed by atoms with Gasteiger partial charge in [0.1, 0.15) is 0 Å². The Kier molecular flexibility index (Phi) is 7.08. The number of hydrogen-bond acceptors (Lipinski definition) is 4. The molecule has 7 nitrogen and oxygen atoms in total. The van der Waals surface area contributed by atoms with Crippen LogP contribution in [0.3, 0.4) is 0 Å². The first kappa shape index (κ1) is 23.0. The smallest absolute Gasteiger partial charge is 0.253 e. The summed E-state index contributed by atoms with van der Waals surface area (Å²) in [6, 6.07) is 13.6. The molecule has 2 aliphatic heterocycles. The summed E-state index contributed by atoms with van der Waals surface area (Å²) >= 11 is 0. The van der Waals surface area contributed by atoms with Gasteiger partial charge in [-0.05, 0) is 49.1 Å². The van der Waals surface area contributed by atoms with E-state index in [1.807, 2.05) is 66.1 Å². The summed E-state index contributed by atoms with van der Waals surface area (Å²) < 4.78 is 0. The summed E-state index contributed by atoms with van der Waals surface area (Å²) in [4.78, 5) is 43.3. The van der Waals surface area contributed by atoms with E-state index in [9.17, 15) is 14.4 Å². The van der Waals surface area contributed by atoms with E-state index in [2.05, 4.69) is 10.2 Å². The monoisotopic (exact) mass is 448 g/mol. The van der Waals surface area contributed by atoms with Gasteiger partial charge in [-0.2, -0.15) is 0 Å². The quantitative estimate of drug-likeness (QED) is 0.738. The summed E-state index contributed by atoms with van der Waals surface area (Å²) in [5.74, 6) is 0.157. The predicted octanol–water partition coefficient (Wildman–Crippen LogP) is 2.82. The van der Waals surface area contributed by atoms with Gasteiger partial charge in [0.05, 0.1) is 6.54 Å². The molecule has 0 bridgehead atoms. The molecule has 0 aliphatic carbocycles. The van der Waals surface area contributed by atoms with Crippen molar-refractivity contribution >= 4 is 23.4 Å². The van der Waals surface area contributed by atoms with Crippen molar-refractivity contribution in [2.24, 2.45) is 0 Å². The maximum absolute atomic E-state index is 13.0. The van der Waals surface area contributed by atoms with Gasteiger partial charge in [-0.15, -0.1) is 0 Å². The van der Waals surface area contributed by atoms with Crippen molar-refractivity contribution < 1.29 is 14.4 Å². The molecule has 2 saturated heterocycles. The number of amides is 3. The lowest BCUT2D eigenvalue weighted by atomic mass is 10.1. The van der Waals surface area contributed by atoms with Crippen LogP contribution in [0.1, 0.15) is 39.9 Å². The molecule has 0 atom stereocenters. The third kappa shape index (κ3) is 5.60. The minimum Gasteiger partial charge on any atom is -0.338 e. The molecule has 7 heteroatoms. The second kappa shape index (κ2) is 10.2. The zero-order valence-corrected chi connectivity index (χ0v) is 19.5. The largest absolute Gasteiger partial charge is 0.338 e. The first-order valence-corrected chi connectivity index (χ1v) is 11.6. The molecule has 2 aromatic carbocycles. The molecule has 0 aromatic heterocycles. The van der Waals surface area contributed by atoms with Crippen molar-refractivity contribution in [2.75, 3.05) is 44.6 Å². The summed E-state index contributed by atoms with van der Waals surface area (Å²) in [7, 11) is 0. The van der Waals surface area contributed by atoms with Crippen LogP contribution in [0.4, 0.5) is 5.69 Å². The van der Waals surface area contributed by atoms with Crippen LogP contribution in [0.5, 0.6) is 0 Å². The van der Waals surface area contributed by atoms with E-state index in [1.54, 1.807) is 0 Å². The van der Waals surface area contributed by atoms with Crippen LogP contribution in [-0.4, -0.2) is 71.7 Å². The zero-order valence-electron chi connectivity index (χ0n) is 19.5.